The minimum atomic E-state index is 0. The van der Waals surface area contributed by atoms with Gasteiger partial charge < -0.3 is 25.3 Å². The molecule has 3 N–H and O–H groups in total. The SMILES string of the molecule is COc1ccc(CN=C(N)NCCOc2cccc(Cl)c2)cc1OC.I. The number of methoxy groups -OCH3 is 2. The van der Waals surface area contributed by atoms with Crippen LogP contribution in [0.3, 0.4) is 0 Å². The lowest BCUT2D eigenvalue weighted by molar-refractivity contribution is 0.322. The molecule has 0 unspecified atom stereocenters. The Morgan fingerprint density at radius 2 is 1.88 bits per heavy atom. The van der Waals surface area contributed by atoms with E-state index in [1.807, 2.05) is 30.3 Å². The molecule has 0 spiro atoms. The van der Waals surface area contributed by atoms with Gasteiger partial charge in [-0.1, -0.05) is 23.7 Å². The smallest absolute Gasteiger partial charge is 0.189 e. The summed E-state index contributed by atoms with van der Waals surface area (Å²) in [4.78, 5) is 4.29. The fraction of sp³-hybridized carbons (Fsp3) is 0.278. The predicted molar refractivity (Wildman–Crippen MR) is 115 cm³/mol. The first-order valence-corrected chi connectivity index (χ1v) is 8.13. The fourth-order valence-corrected chi connectivity index (χ4v) is 2.30. The van der Waals surface area contributed by atoms with Crippen molar-refractivity contribution in [2.75, 3.05) is 27.4 Å². The minimum absolute atomic E-state index is 0. The van der Waals surface area contributed by atoms with Gasteiger partial charge in [0.1, 0.15) is 12.4 Å². The third-order valence-corrected chi connectivity index (χ3v) is 3.59. The van der Waals surface area contributed by atoms with Crippen LogP contribution in [0.2, 0.25) is 5.02 Å². The van der Waals surface area contributed by atoms with Gasteiger partial charge in [0, 0.05) is 5.02 Å². The molecule has 0 saturated heterocycles. The topological polar surface area (TPSA) is 78.1 Å². The molecule has 2 rings (SSSR count). The van der Waals surface area contributed by atoms with E-state index in [9.17, 15) is 0 Å². The average molecular weight is 492 g/mol. The van der Waals surface area contributed by atoms with Gasteiger partial charge in [0.25, 0.3) is 0 Å². The van der Waals surface area contributed by atoms with Crippen LogP contribution in [0, 0.1) is 0 Å². The monoisotopic (exact) mass is 491 g/mol. The third-order valence-electron chi connectivity index (χ3n) is 3.35. The zero-order valence-electron chi connectivity index (χ0n) is 14.7. The van der Waals surface area contributed by atoms with Gasteiger partial charge in [0.05, 0.1) is 27.3 Å². The molecule has 8 heteroatoms. The average Bonchev–Trinajstić information content (AvgIpc) is 2.63. The van der Waals surface area contributed by atoms with Gasteiger partial charge in [-0.15, -0.1) is 24.0 Å². The number of nitrogens with two attached hydrogens (primary N) is 1. The highest BCUT2D eigenvalue weighted by molar-refractivity contribution is 14.0. The second kappa shape index (κ2) is 11.7. The molecule has 0 amide bonds. The molecule has 0 fully saturated rings. The molecule has 0 heterocycles. The van der Waals surface area contributed by atoms with E-state index in [1.54, 1.807) is 26.4 Å². The standard InChI is InChI=1S/C18H22ClN3O3.HI/c1-23-16-7-6-13(10-17(16)24-2)12-22-18(20)21-8-9-25-15-5-3-4-14(19)11-15;/h3-7,10-11H,8-9,12H2,1-2H3,(H3,20,21,22);1H. The number of hydrogen-bond donors (Lipinski definition) is 2. The minimum Gasteiger partial charge on any atom is -0.493 e. The lowest BCUT2D eigenvalue weighted by Gasteiger charge is -2.10. The largest absolute Gasteiger partial charge is 0.493 e. The second-order valence-electron chi connectivity index (χ2n) is 5.12. The highest BCUT2D eigenvalue weighted by Gasteiger charge is 2.04. The van der Waals surface area contributed by atoms with E-state index in [0.717, 1.165) is 11.3 Å². The maximum atomic E-state index is 5.90. The van der Waals surface area contributed by atoms with Crippen molar-refractivity contribution in [3.63, 3.8) is 0 Å². The summed E-state index contributed by atoms with van der Waals surface area (Å²) < 4.78 is 16.0. The van der Waals surface area contributed by atoms with Crippen LogP contribution < -0.4 is 25.3 Å². The second-order valence-corrected chi connectivity index (χ2v) is 5.56. The normalized spacial score (nSPS) is 10.7. The highest BCUT2D eigenvalue weighted by atomic mass is 127. The zero-order chi connectivity index (χ0) is 18.1. The number of aliphatic imine (C=N–C) groups is 1. The van der Waals surface area contributed by atoms with Crippen molar-refractivity contribution >= 4 is 41.5 Å². The van der Waals surface area contributed by atoms with Crippen LogP contribution in [0.25, 0.3) is 0 Å². The van der Waals surface area contributed by atoms with E-state index in [2.05, 4.69) is 10.3 Å². The van der Waals surface area contributed by atoms with E-state index in [1.165, 1.54) is 0 Å². The number of nitrogens with one attached hydrogen (secondary N) is 1. The van der Waals surface area contributed by atoms with Gasteiger partial charge in [0.2, 0.25) is 0 Å². The van der Waals surface area contributed by atoms with E-state index in [0.29, 0.717) is 42.2 Å². The van der Waals surface area contributed by atoms with Crippen LogP contribution in [-0.2, 0) is 6.54 Å². The van der Waals surface area contributed by atoms with Gasteiger partial charge in [-0.3, -0.25) is 0 Å². The quantitative estimate of drug-likeness (QED) is 0.256. The fourth-order valence-electron chi connectivity index (χ4n) is 2.12. The van der Waals surface area contributed by atoms with Crippen LogP contribution >= 0.6 is 35.6 Å². The molecular formula is C18H23ClIN3O3. The zero-order valence-corrected chi connectivity index (χ0v) is 17.8. The number of guanidine groups is 1. The predicted octanol–water partition coefficient (Wildman–Crippen LogP) is 3.46. The lowest BCUT2D eigenvalue weighted by Crippen LogP contribution is -2.34. The maximum absolute atomic E-state index is 5.90. The summed E-state index contributed by atoms with van der Waals surface area (Å²) in [6.45, 7) is 1.43. The van der Waals surface area contributed by atoms with Crippen molar-refractivity contribution in [1.29, 1.82) is 0 Å². The Bertz CT molecular complexity index is 729. The van der Waals surface area contributed by atoms with Crippen LogP contribution in [0.15, 0.2) is 47.5 Å². The number of benzene rings is 2. The van der Waals surface area contributed by atoms with Gasteiger partial charge in [0.15, 0.2) is 17.5 Å². The Balaban J connectivity index is 0.00000338. The Hall–Kier alpha value is -1.87. The van der Waals surface area contributed by atoms with Crippen LogP contribution in [0.1, 0.15) is 5.56 Å². The Labute approximate surface area is 175 Å². The molecule has 0 aliphatic carbocycles. The number of rotatable bonds is 8. The molecule has 0 aliphatic rings. The first-order chi connectivity index (χ1) is 12.1. The molecular weight excluding hydrogens is 469 g/mol. The summed E-state index contributed by atoms with van der Waals surface area (Å²) in [5, 5.41) is 3.64. The molecule has 6 nitrogen and oxygen atoms in total. The van der Waals surface area contributed by atoms with Crippen molar-refractivity contribution < 1.29 is 14.2 Å². The van der Waals surface area contributed by atoms with Crippen molar-refractivity contribution in [2.45, 2.75) is 6.54 Å². The lowest BCUT2D eigenvalue weighted by atomic mass is 10.2. The summed E-state index contributed by atoms with van der Waals surface area (Å²) in [6.07, 6.45) is 0. The van der Waals surface area contributed by atoms with E-state index in [4.69, 9.17) is 31.5 Å². The highest BCUT2D eigenvalue weighted by Crippen LogP contribution is 2.27. The summed E-state index contributed by atoms with van der Waals surface area (Å²) >= 11 is 5.90. The van der Waals surface area contributed by atoms with Crippen molar-refractivity contribution in [1.82, 2.24) is 5.32 Å². The van der Waals surface area contributed by atoms with E-state index in [-0.39, 0.29) is 24.0 Å². The number of halogens is 2. The molecule has 2 aromatic rings. The molecule has 0 aromatic heterocycles. The number of hydrogen-bond acceptors (Lipinski definition) is 4. The van der Waals surface area contributed by atoms with Crippen LogP contribution in [-0.4, -0.2) is 33.3 Å². The van der Waals surface area contributed by atoms with Gasteiger partial charge >= 0.3 is 0 Å². The first-order valence-electron chi connectivity index (χ1n) is 7.75. The summed E-state index contributed by atoms with van der Waals surface area (Å²) in [5.41, 5.74) is 6.83. The molecule has 2 aromatic carbocycles. The summed E-state index contributed by atoms with van der Waals surface area (Å²) in [6, 6.07) is 12.9. The molecule has 0 bridgehead atoms. The van der Waals surface area contributed by atoms with Crippen LogP contribution in [0.4, 0.5) is 0 Å². The van der Waals surface area contributed by atoms with E-state index >= 15 is 0 Å². The Morgan fingerprint density at radius 3 is 2.58 bits per heavy atom. The van der Waals surface area contributed by atoms with Gasteiger partial charge in [-0.2, -0.15) is 0 Å². The third kappa shape index (κ3) is 7.17. The molecule has 0 saturated carbocycles. The molecule has 0 atom stereocenters. The molecule has 0 aliphatic heterocycles. The Kier molecular flexibility index (Phi) is 9.97. The number of ether oxygens (including phenoxy) is 3. The van der Waals surface area contributed by atoms with Crippen molar-refractivity contribution in [3.05, 3.63) is 53.1 Å². The van der Waals surface area contributed by atoms with Crippen molar-refractivity contribution in [3.8, 4) is 17.2 Å². The molecule has 142 valence electrons. The molecule has 0 radical (unpaired) electrons. The van der Waals surface area contributed by atoms with E-state index < -0.39 is 0 Å². The van der Waals surface area contributed by atoms with Gasteiger partial charge in [-0.05, 0) is 35.9 Å². The maximum Gasteiger partial charge on any atom is 0.189 e. The number of nitrogens with zero attached hydrogens (tertiary/aromatic N) is 1. The summed E-state index contributed by atoms with van der Waals surface area (Å²) in [5.74, 6) is 2.41. The Morgan fingerprint density at radius 1 is 1.12 bits per heavy atom. The summed E-state index contributed by atoms with van der Waals surface area (Å²) in [7, 11) is 3.20. The first kappa shape index (κ1) is 22.2. The molecule has 26 heavy (non-hydrogen) atoms. The van der Waals surface area contributed by atoms with Crippen LogP contribution in [0.5, 0.6) is 17.2 Å². The van der Waals surface area contributed by atoms with Gasteiger partial charge in [-0.25, -0.2) is 4.99 Å². The van der Waals surface area contributed by atoms with Crippen molar-refractivity contribution in [2.24, 2.45) is 10.7 Å².